The predicted molar refractivity (Wildman–Crippen MR) is 112 cm³/mol. The van der Waals surface area contributed by atoms with Gasteiger partial charge in [0.05, 0.1) is 5.41 Å². The Morgan fingerprint density at radius 1 is 1.03 bits per heavy atom. The molecular formula is C23H28FN3O2. The molecule has 0 radical (unpaired) electrons. The van der Waals surface area contributed by atoms with Gasteiger partial charge in [-0.15, -0.1) is 0 Å². The van der Waals surface area contributed by atoms with Crippen molar-refractivity contribution in [3.8, 4) is 0 Å². The molecule has 3 rings (SSSR count). The molecule has 0 atom stereocenters. The third-order valence-electron chi connectivity index (χ3n) is 5.37. The van der Waals surface area contributed by atoms with Crippen LogP contribution in [0.2, 0.25) is 0 Å². The minimum absolute atomic E-state index is 0.0573. The molecule has 1 aliphatic carbocycles. The van der Waals surface area contributed by atoms with Gasteiger partial charge in [-0.05, 0) is 50.5 Å². The lowest BCUT2D eigenvalue weighted by Crippen LogP contribution is -2.42. The quantitative estimate of drug-likeness (QED) is 0.672. The molecule has 6 heteroatoms. The van der Waals surface area contributed by atoms with Gasteiger partial charge in [-0.2, -0.15) is 0 Å². The van der Waals surface area contributed by atoms with Gasteiger partial charge in [-0.3, -0.25) is 4.79 Å². The van der Waals surface area contributed by atoms with Crippen molar-refractivity contribution in [3.05, 3.63) is 65.5 Å². The van der Waals surface area contributed by atoms with Crippen LogP contribution in [0.3, 0.4) is 0 Å². The lowest BCUT2D eigenvalue weighted by Gasteiger charge is -2.28. The van der Waals surface area contributed by atoms with Crippen LogP contribution >= 0.6 is 0 Å². The Labute approximate surface area is 171 Å². The van der Waals surface area contributed by atoms with Gasteiger partial charge >= 0.3 is 6.03 Å². The number of anilines is 1. The van der Waals surface area contributed by atoms with E-state index in [9.17, 15) is 14.0 Å². The van der Waals surface area contributed by atoms with Gasteiger partial charge in [0.1, 0.15) is 5.82 Å². The van der Waals surface area contributed by atoms with Gasteiger partial charge < -0.3 is 16.0 Å². The van der Waals surface area contributed by atoms with Gasteiger partial charge in [0.2, 0.25) is 5.91 Å². The van der Waals surface area contributed by atoms with Crippen molar-refractivity contribution in [2.75, 3.05) is 5.32 Å². The smallest absolute Gasteiger partial charge is 0.319 e. The molecule has 0 aromatic heterocycles. The fraction of sp³-hybridized carbons (Fsp3) is 0.391. The monoisotopic (exact) mass is 397 g/mol. The zero-order valence-electron chi connectivity index (χ0n) is 16.9. The van der Waals surface area contributed by atoms with Crippen molar-refractivity contribution < 1.29 is 14.0 Å². The normalized spacial score (nSPS) is 15.2. The van der Waals surface area contributed by atoms with Crippen LogP contribution in [0.25, 0.3) is 0 Å². The summed E-state index contributed by atoms with van der Waals surface area (Å²) in [5.41, 5.74) is 1.29. The summed E-state index contributed by atoms with van der Waals surface area (Å²) in [6, 6.07) is 13.7. The molecule has 3 N–H and O–H groups in total. The van der Waals surface area contributed by atoms with E-state index < -0.39 is 5.41 Å². The molecule has 3 amide bonds. The van der Waals surface area contributed by atoms with Crippen molar-refractivity contribution in [2.45, 2.75) is 57.5 Å². The molecule has 29 heavy (non-hydrogen) atoms. The summed E-state index contributed by atoms with van der Waals surface area (Å²) in [5.74, 6) is -0.446. The maximum atomic E-state index is 14.4. The van der Waals surface area contributed by atoms with E-state index in [4.69, 9.17) is 0 Å². The van der Waals surface area contributed by atoms with Crippen molar-refractivity contribution in [1.29, 1.82) is 0 Å². The summed E-state index contributed by atoms with van der Waals surface area (Å²) in [6.45, 7) is 4.14. The molecular weight excluding hydrogens is 369 g/mol. The zero-order valence-corrected chi connectivity index (χ0v) is 16.9. The number of rotatable bonds is 6. The second kappa shape index (κ2) is 9.07. The first kappa shape index (κ1) is 20.8. The van der Waals surface area contributed by atoms with Crippen molar-refractivity contribution in [3.63, 3.8) is 0 Å². The minimum atomic E-state index is -0.790. The number of carbonyl (C=O) groups is 2. The molecule has 5 nitrogen and oxygen atoms in total. The number of hydrogen-bond acceptors (Lipinski definition) is 2. The average molecular weight is 397 g/mol. The fourth-order valence-electron chi connectivity index (χ4n) is 3.93. The molecule has 1 fully saturated rings. The average Bonchev–Trinajstić information content (AvgIpc) is 3.18. The molecule has 154 valence electrons. The second-order valence-electron chi connectivity index (χ2n) is 7.90. The van der Waals surface area contributed by atoms with E-state index in [1.165, 1.54) is 6.07 Å². The third-order valence-corrected chi connectivity index (χ3v) is 5.37. The van der Waals surface area contributed by atoms with E-state index in [-0.39, 0.29) is 23.8 Å². The number of urea groups is 1. The van der Waals surface area contributed by atoms with E-state index in [0.29, 0.717) is 30.6 Å². The van der Waals surface area contributed by atoms with E-state index in [1.54, 1.807) is 30.3 Å². The molecule has 0 saturated heterocycles. The van der Waals surface area contributed by atoms with Crippen LogP contribution in [-0.2, 0) is 16.8 Å². The number of amides is 3. The Morgan fingerprint density at radius 2 is 1.69 bits per heavy atom. The van der Waals surface area contributed by atoms with Crippen LogP contribution in [0.1, 0.15) is 50.7 Å². The largest absolute Gasteiger partial charge is 0.351 e. The topological polar surface area (TPSA) is 70.2 Å². The van der Waals surface area contributed by atoms with Crippen molar-refractivity contribution in [1.82, 2.24) is 10.6 Å². The van der Waals surface area contributed by atoms with Crippen molar-refractivity contribution >= 4 is 17.6 Å². The maximum absolute atomic E-state index is 14.4. The Morgan fingerprint density at radius 3 is 2.31 bits per heavy atom. The summed E-state index contributed by atoms with van der Waals surface area (Å²) < 4.78 is 14.4. The summed E-state index contributed by atoms with van der Waals surface area (Å²) in [4.78, 5) is 24.8. The van der Waals surface area contributed by atoms with Gasteiger partial charge in [-0.25, -0.2) is 9.18 Å². The number of nitrogens with one attached hydrogen (secondary N) is 3. The van der Waals surface area contributed by atoms with Gasteiger partial charge in [0.25, 0.3) is 0 Å². The highest BCUT2D eigenvalue weighted by Crippen LogP contribution is 2.42. The lowest BCUT2D eigenvalue weighted by atomic mass is 9.77. The van der Waals surface area contributed by atoms with Crippen LogP contribution in [0, 0.1) is 5.82 Å². The van der Waals surface area contributed by atoms with Crippen LogP contribution in [0.5, 0.6) is 0 Å². The Bertz CT molecular complexity index is 859. The number of halogens is 1. The summed E-state index contributed by atoms with van der Waals surface area (Å²) in [5, 5.41) is 8.52. The number of benzene rings is 2. The first-order chi connectivity index (χ1) is 13.9. The van der Waals surface area contributed by atoms with Gasteiger partial charge in [0, 0.05) is 23.8 Å². The van der Waals surface area contributed by atoms with Crippen molar-refractivity contribution in [2.24, 2.45) is 0 Å². The predicted octanol–water partition coefficient (Wildman–Crippen LogP) is 4.48. The Balaban J connectivity index is 1.64. The first-order valence-electron chi connectivity index (χ1n) is 10.1. The van der Waals surface area contributed by atoms with E-state index in [1.807, 2.05) is 26.0 Å². The molecule has 0 heterocycles. The minimum Gasteiger partial charge on any atom is -0.351 e. The van der Waals surface area contributed by atoms with Crippen LogP contribution < -0.4 is 16.0 Å². The highest BCUT2D eigenvalue weighted by atomic mass is 19.1. The van der Waals surface area contributed by atoms with Crippen LogP contribution in [0.15, 0.2) is 48.5 Å². The molecule has 0 unspecified atom stereocenters. The number of hydrogen-bond donors (Lipinski definition) is 3. The summed E-state index contributed by atoms with van der Waals surface area (Å²) in [7, 11) is 0. The molecule has 0 bridgehead atoms. The molecule has 0 spiro atoms. The molecule has 1 saturated carbocycles. The third kappa shape index (κ3) is 4.94. The maximum Gasteiger partial charge on any atom is 0.319 e. The van der Waals surface area contributed by atoms with Gasteiger partial charge in [-0.1, -0.05) is 43.2 Å². The SMILES string of the molecule is CC(C)NC(=O)Nc1ccc(CNC(=O)C2(c3ccccc3F)CCCC2)cc1. The zero-order chi connectivity index (χ0) is 20.9. The Kier molecular flexibility index (Phi) is 6.52. The fourth-order valence-corrected chi connectivity index (χ4v) is 3.93. The van der Waals surface area contributed by atoms with E-state index in [2.05, 4.69) is 16.0 Å². The number of carbonyl (C=O) groups excluding carboxylic acids is 2. The molecule has 2 aromatic rings. The molecule has 1 aliphatic rings. The van der Waals surface area contributed by atoms with Gasteiger partial charge in [0.15, 0.2) is 0 Å². The molecule has 2 aromatic carbocycles. The second-order valence-corrected chi connectivity index (χ2v) is 7.90. The van der Waals surface area contributed by atoms with E-state index in [0.717, 1.165) is 18.4 Å². The Hall–Kier alpha value is -2.89. The van der Waals surface area contributed by atoms with E-state index >= 15 is 0 Å². The molecule has 0 aliphatic heterocycles. The van der Waals surface area contributed by atoms with Crippen LogP contribution in [-0.4, -0.2) is 18.0 Å². The summed E-state index contributed by atoms with van der Waals surface area (Å²) >= 11 is 0. The summed E-state index contributed by atoms with van der Waals surface area (Å²) in [6.07, 6.45) is 3.16. The standard InChI is InChI=1S/C23H28FN3O2/c1-16(2)26-22(29)27-18-11-9-17(10-12-18)15-25-21(28)23(13-5-6-14-23)19-7-3-4-8-20(19)24/h3-4,7-12,16H,5-6,13-15H2,1-2H3,(H,25,28)(H2,26,27,29). The van der Waals surface area contributed by atoms with Crippen LogP contribution in [0.4, 0.5) is 14.9 Å². The lowest BCUT2D eigenvalue weighted by molar-refractivity contribution is -0.126. The highest BCUT2D eigenvalue weighted by Gasteiger charge is 2.44. The highest BCUT2D eigenvalue weighted by molar-refractivity contribution is 5.89. The first-order valence-corrected chi connectivity index (χ1v) is 10.1.